The number of aryl methyl sites for hydroxylation is 1. The molecule has 5 aromatic rings. The fourth-order valence-electron chi connectivity index (χ4n) is 4.82. The summed E-state index contributed by atoms with van der Waals surface area (Å²) in [5.74, 6) is 1.82. The van der Waals surface area contributed by atoms with Crippen LogP contribution in [0.1, 0.15) is 15.9 Å². The van der Waals surface area contributed by atoms with E-state index < -0.39 is 11.7 Å². The van der Waals surface area contributed by atoms with Crippen LogP contribution < -0.4 is 20.3 Å². The molecular weight excluding hydrogens is 533 g/mol. The number of halogens is 1. The highest BCUT2D eigenvalue weighted by molar-refractivity contribution is 6.04. The number of hydrogen-bond donors (Lipinski definition) is 2. The van der Waals surface area contributed by atoms with Crippen LogP contribution in [0.5, 0.6) is 11.5 Å². The van der Waals surface area contributed by atoms with Gasteiger partial charge in [-0.05, 0) is 74.1 Å². The molecule has 2 aromatic heterocycles. The van der Waals surface area contributed by atoms with E-state index in [9.17, 15) is 9.18 Å². The van der Waals surface area contributed by atoms with Crippen molar-refractivity contribution in [2.75, 3.05) is 48.8 Å². The molecule has 42 heavy (non-hydrogen) atoms. The zero-order valence-electron chi connectivity index (χ0n) is 23.3. The average Bonchev–Trinajstić information content (AvgIpc) is 3.00. The molecule has 3 heterocycles. The highest BCUT2D eigenvalue weighted by atomic mass is 19.1. The first kappa shape index (κ1) is 27.1. The molecule has 2 N–H and O–H groups in total. The van der Waals surface area contributed by atoms with Crippen LogP contribution in [0.15, 0.2) is 85.3 Å². The first-order valence-electron chi connectivity index (χ1n) is 13.7. The summed E-state index contributed by atoms with van der Waals surface area (Å²) in [6, 6.07) is 20.6. The summed E-state index contributed by atoms with van der Waals surface area (Å²) in [5, 5.41) is 6.92. The number of nitrogens with zero attached hydrogens (tertiary/aromatic N) is 5. The second-order valence-electron chi connectivity index (χ2n) is 10.2. The molecule has 0 bridgehead atoms. The molecule has 1 amide bonds. The lowest BCUT2D eigenvalue weighted by Crippen LogP contribution is -2.44. The van der Waals surface area contributed by atoms with E-state index in [2.05, 4.69) is 42.4 Å². The third-order valence-electron chi connectivity index (χ3n) is 7.22. The van der Waals surface area contributed by atoms with E-state index in [1.165, 1.54) is 18.5 Å². The molecule has 212 valence electrons. The number of fused-ring (bicyclic) bond motifs is 1. The molecule has 9 nitrogen and oxygen atoms in total. The van der Waals surface area contributed by atoms with Gasteiger partial charge in [-0.15, -0.1) is 0 Å². The Morgan fingerprint density at radius 3 is 2.57 bits per heavy atom. The van der Waals surface area contributed by atoms with Crippen molar-refractivity contribution in [1.29, 1.82) is 0 Å². The van der Waals surface area contributed by atoms with E-state index in [1.807, 2.05) is 31.2 Å². The van der Waals surface area contributed by atoms with Crippen LogP contribution >= 0.6 is 0 Å². The van der Waals surface area contributed by atoms with Crippen molar-refractivity contribution in [2.24, 2.45) is 0 Å². The van der Waals surface area contributed by atoms with E-state index in [-0.39, 0.29) is 5.69 Å². The molecule has 0 saturated carbocycles. The van der Waals surface area contributed by atoms with Gasteiger partial charge < -0.3 is 25.2 Å². The fraction of sp³-hybridized carbons (Fsp3) is 0.188. The lowest BCUT2D eigenvalue weighted by atomic mass is 10.1. The van der Waals surface area contributed by atoms with Crippen LogP contribution in [0.4, 0.5) is 27.4 Å². The minimum atomic E-state index is -0.496. The summed E-state index contributed by atoms with van der Waals surface area (Å²) in [6.07, 6.45) is 3.32. The largest absolute Gasteiger partial charge is 0.457 e. The molecule has 0 aliphatic carbocycles. The third kappa shape index (κ3) is 5.98. The Hall–Kier alpha value is -5.09. The van der Waals surface area contributed by atoms with Crippen molar-refractivity contribution in [3.63, 3.8) is 0 Å². The first-order valence-corrected chi connectivity index (χ1v) is 13.7. The van der Waals surface area contributed by atoms with E-state index in [0.29, 0.717) is 22.9 Å². The Labute approximate surface area is 243 Å². The average molecular weight is 564 g/mol. The third-order valence-corrected chi connectivity index (χ3v) is 7.22. The molecule has 10 heteroatoms. The number of anilines is 4. The number of rotatable bonds is 7. The molecule has 6 rings (SSSR count). The smallest absolute Gasteiger partial charge is 0.255 e. The number of aromatic nitrogens is 3. The van der Waals surface area contributed by atoms with Gasteiger partial charge in [0.15, 0.2) is 0 Å². The maximum atomic E-state index is 14.0. The number of carbonyl (C=O) groups excluding carboxylic acids is 1. The molecule has 0 atom stereocenters. The van der Waals surface area contributed by atoms with Crippen LogP contribution in [0, 0.1) is 12.7 Å². The Bertz CT molecular complexity index is 1750. The minimum absolute atomic E-state index is 0.121. The second-order valence-corrected chi connectivity index (χ2v) is 10.2. The number of para-hydroxylation sites is 1. The van der Waals surface area contributed by atoms with Gasteiger partial charge in [0.05, 0.1) is 17.4 Å². The van der Waals surface area contributed by atoms with Gasteiger partial charge in [0.1, 0.15) is 35.3 Å². The molecular formula is C32H30FN7O2. The van der Waals surface area contributed by atoms with Gasteiger partial charge in [-0.3, -0.25) is 4.79 Å². The number of likely N-dealkylation sites (N-methyl/N-ethyl adjacent to an activating group) is 1. The van der Waals surface area contributed by atoms with Crippen molar-refractivity contribution in [2.45, 2.75) is 6.92 Å². The molecule has 1 saturated heterocycles. The number of ether oxygens (including phenoxy) is 1. The molecule has 3 aromatic carbocycles. The molecule has 0 unspecified atom stereocenters. The van der Waals surface area contributed by atoms with Gasteiger partial charge in [-0.2, -0.15) is 0 Å². The Balaban J connectivity index is 1.17. The first-order chi connectivity index (χ1) is 20.4. The summed E-state index contributed by atoms with van der Waals surface area (Å²) in [7, 11) is 2.13. The molecule has 0 spiro atoms. The number of piperazine rings is 1. The molecule has 0 radical (unpaired) electrons. The predicted octanol–water partition coefficient (Wildman–Crippen LogP) is 6.01. The zero-order valence-corrected chi connectivity index (χ0v) is 23.3. The van der Waals surface area contributed by atoms with E-state index in [1.54, 1.807) is 42.6 Å². The van der Waals surface area contributed by atoms with Crippen LogP contribution in [0.25, 0.3) is 10.9 Å². The SMILES string of the molecule is Cc1cc(Nc2ncnc3cnc(N4CCN(C)CC4)cc23)ccc1Oc1cccc(C(=O)Nc2ccccc2F)c1. The Morgan fingerprint density at radius 1 is 0.929 bits per heavy atom. The lowest BCUT2D eigenvalue weighted by molar-refractivity contribution is 0.102. The predicted molar refractivity (Wildman–Crippen MR) is 162 cm³/mol. The summed E-state index contributed by atoms with van der Waals surface area (Å²) < 4.78 is 20.1. The van der Waals surface area contributed by atoms with E-state index in [4.69, 9.17) is 4.74 Å². The van der Waals surface area contributed by atoms with Crippen LogP contribution in [0.2, 0.25) is 0 Å². The molecule has 1 fully saturated rings. The number of pyridine rings is 1. The van der Waals surface area contributed by atoms with E-state index in [0.717, 1.165) is 54.2 Å². The van der Waals surface area contributed by atoms with Gasteiger partial charge in [0.2, 0.25) is 0 Å². The molecule has 1 aliphatic heterocycles. The van der Waals surface area contributed by atoms with Crippen molar-refractivity contribution in [3.8, 4) is 11.5 Å². The summed E-state index contributed by atoms with van der Waals surface area (Å²) in [4.78, 5) is 30.9. The van der Waals surface area contributed by atoms with Gasteiger partial charge in [-0.1, -0.05) is 18.2 Å². The number of hydrogen-bond acceptors (Lipinski definition) is 8. The maximum Gasteiger partial charge on any atom is 0.255 e. The van der Waals surface area contributed by atoms with Gasteiger partial charge in [-0.25, -0.2) is 19.3 Å². The highest BCUT2D eigenvalue weighted by Gasteiger charge is 2.17. The number of carbonyl (C=O) groups is 1. The lowest BCUT2D eigenvalue weighted by Gasteiger charge is -2.33. The standard InChI is InChI=1S/C32H30FN7O2/c1-21-16-23(37-31-25-18-30(34-19-28(25)35-20-36-31)40-14-12-39(2)13-15-40)10-11-29(21)42-24-7-5-6-22(17-24)32(41)38-27-9-4-3-8-26(27)33/h3-11,16-20H,12-15H2,1-2H3,(H,38,41)(H,35,36,37). The van der Waals surface area contributed by atoms with E-state index >= 15 is 0 Å². The fourth-order valence-corrected chi connectivity index (χ4v) is 4.82. The quantitative estimate of drug-likeness (QED) is 0.249. The maximum absolute atomic E-state index is 14.0. The van der Waals surface area contributed by atoms with Crippen LogP contribution in [0.3, 0.4) is 0 Å². The number of amides is 1. The minimum Gasteiger partial charge on any atom is -0.457 e. The number of benzene rings is 3. The summed E-state index contributed by atoms with van der Waals surface area (Å²) >= 11 is 0. The summed E-state index contributed by atoms with van der Waals surface area (Å²) in [5.41, 5.74) is 2.97. The number of nitrogens with one attached hydrogen (secondary N) is 2. The van der Waals surface area contributed by atoms with Crippen molar-refractivity contribution >= 4 is 39.8 Å². The normalized spacial score (nSPS) is 13.6. The molecule has 1 aliphatic rings. The van der Waals surface area contributed by atoms with Crippen molar-refractivity contribution in [3.05, 3.63) is 102 Å². The Morgan fingerprint density at radius 2 is 1.76 bits per heavy atom. The second kappa shape index (κ2) is 11.8. The van der Waals surface area contributed by atoms with Crippen LogP contribution in [-0.2, 0) is 0 Å². The monoisotopic (exact) mass is 563 g/mol. The zero-order chi connectivity index (χ0) is 29.1. The van der Waals surface area contributed by atoms with Gasteiger partial charge in [0.25, 0.3) is 5.91 Å². The van der Waals surface area contributed by atoms with Crippen molar-refractivity contribution in [1.82, 2.24) is 19.9 Å². The van der Waals surface area contributed by atoms with Crippen molar-refractivity contribution < 1.29 is 13.9 Å². The summed E-state index contributed by atoms with van der Waals surface area (Å²) in [6.45, 7) is 5.78. The topological polar surface area (TPSA) is 95.5 Å². The Kier molecular flexibility index (Phi) is 7.61. The van der Waals surface area contributed by atoms with Gasteiger partial charge >= 0.3 is 0 Å². The van der Waals surface area contributed by atoms with Gasteiger partial charge in [0, 0.05) is 42.8 Å². The highest BCUT2D eigenvalue weighted by Crippen LogP contribution is 2.31. The van der Waals surface area contributed by atoms with Crippen LogP contribution in [-0.4, -0.2) is 59.0 Å².